The summed E-state index contributed by atoms with van der Waals surface area (Å²) in [6.45, 7) is 1.88. The molecule has 0 spiro atoms. The minimum atomic E-state index is -0.951. The molecule has 0 saturated heterocycles. The van der Waals surface area contributed by atoms with Crippen molar-refractivity contribution >= 4 is 41.2 Å². The van der Waals surface area contributed by atoms with Crippen molar-refractivity contribution in [1.29, 1.82) is 0 Å². The van der Waals surface area contributed by atoms with Crippen LogP contribution >= 0.6 is 11.6 Å². The molecule has 0 radical (unpaired) electrons. The summed E-state index contributed by atoms with van der Waals surface area (Å²) in [4.78, 5) is 35.9. The van der Waals surface area contributed by atoms with Crippen LogP contribution in [0, 0.1) is 0 Å². The van der Waals surface area contributed by atoms with E-state index in [0.29, 0.717) is 23.6 Å². The number of rotatable bonds is 10. The predicted molar refractivity (Wildman–Crippen MR) is 129 cm³/mol. The lowest BCUT2D eigenvalue weighted by Crippen LogP contribution is -2.37. The van der Waals surface area contributed by atoms with Gasteiger partial charge in [0.15, 0.2) is 18.1 Å². The van der Waals surface area contributed by atoms with Crippen LogP contribution in [0.2, 0.25) is 5.02 Å². The van der Waals surface area contributed by atoms with E-state index in [4.69, 9.17) is 25.5 Å². The number of amides is 3. The molecule has 10 nitrogen and oxygen atoms in total. The molecule has 0 aliphatic heterocycles. The number of para-hydroxylation sites is 1. The Bertz CT molecular complexity index is 1180. The first-order chi connectivity index (χ1) is 17.0. The molecule has 11 heteroatoms. The standard InChI is InChI=1S/C24H23ClN4O6/c1-2-33-20-12-16(13-27-29-24(32)23(31)26-14-18-9-6-10-34-18)11-19(25)22(20)35-15-21(30)28-17-7-4-3-5-8-17/h3-13H,2,14-15H2,1H3,(H,26,31)(H,28,30)(H,29,32)/b27-13-. The van der Waals surface area contributed by atoms with Gasteiger partial charge in [0, 0.05) is 5.69 Å². The predicted octanol–water partition coefficient (Wildman–Crippen LogP) is 3.12. The molecule has 0 fully saturated rings. The zero-order valence-corrected chi connectivity index (χ0v) is 19.5. The Morgan fingerprint density at radius 3 is 2.57 bits per heavy atom. The van der Waals surface area contributed by atoms with E-state index in [9.17, 15) is 14.4 Å². The molecule has 0 bridgehead atoms. The fourth-order valence-electron chi connectivity index (χ4n) is 2.80. The van der Waals surface area contributed by atoms with Crippen LogP contribution in [0.5, 0.6) is 11.5 Å². The number of carbonyl (C=O) groups excluding carboxylic acids is 3. The van der Waals surface area contributed by atoms with Crippen LogP contribution in [-0.4, -0.2) is 37.1 Å². The van der Waals surface area contributed by atoms with Crippen molar-refractivity contribution in [3.8, 4) is 11.5 Å². The van der Waals surface area contributed by atoms with E-state index >= 15 is 0 Å². The Balaban J connectivity index is 1.57. The van der Waals surface area contributed by atoms with Crippen molar-refractivity contribution in [2.24, 2.45) is 5.10 Å². The van der Waals surface area contributed by atoms with Gasteiger partial charge in [0.25, 0.3) is 5.91 Å². The van der Waals surface area contributed by atoms with Crippen molar-refractivity contribution in [3.05, 3.63) is 77.2 Å². The molecular formula is C24H23ClN4O6. The van der Waals surface area contributed by atoms with E-state index in [1.165, 1.54) is 18.5 Å². The highest BCUT2D eigenvalue weighted by Gasteiger charge is 2.15. The van der Waals surface area contributed by atoms with Gasteiger partial charge in [-0.05, 0) is 48.9 Å². The van der Waals surface area contributed by atoms with E-state index in [2.05, 4.69) is 21.2 Å². The number of nitrogens with zero attached hydrogens (tertiary/aromatic N) is 1. The van der Waals surface area contributed by atoms with Gasteiger partial charge < -0.3 is 24.5 Å². The second-order valence-corrected chi connectivity index (χ2v) is 7.33. The first kappa shape index (κ1) is 25.3. The summed E-state index contributed by atoms with van der Waals surface area (Å²) in [5, 5.41) is 9.06. The maximum absolute atomic E-state index is 12.2. The zero-order chi connectivity index (χ0) is 25.0. The molecule has 1 aromatic heterocycles. The largest absolute Gasteiger partial charge is 0.490 e. The highest BCUT2D eigenvalue weighted by molar-refractivity contribution is 6.35. The normalized spacial score (nSPS) is 10.6. The Morgan fingerprint density at radius 1 is 1.06 bits per heavy atom. The number of hydrogen-bond acceptors (Lipinski definition) is 7. The Morgan fingerprint density at radius 2 is 1.86 bits per heavy atom. The first-order valence-electron chi connectivity index (χ1n) is 10.5. The maximum atomic E-state index is 12.2. The third-order valence-corrected chi connectivity index (χ3v) is 4.61. The highest BCUT2D eigenvalue weighted by atomic mass is 35.5. The average Bonchev–Trinajstić information content (AvgIpc) is 3.36. The van der Waals surface area contributed by atoms with Crippen LogP contribution in [-0.2, 0) is 20.9 Å². The molecule has 3 N–H and O–H groups in total. The summed E-state index contributed by atoms with van der Waals surface area (Å²) in [6, 6.07) is 15.4. The lowest BCUT2D eigenvalue weighted by Gasteiger charge is -2.14. The van der Waals surface area contributed by atoms with Crippen LogP contribution in [0.25, 0.3) is 0 Å². The molecule has 3 aromatic rings. The minimum absolute atomic E-state index is 0.0706. The molecule has 35 heavy (non-hydrogen) atoms. The zero-order valence-electron chi connectivity index (χ0n) is 18.7. The van der Waals surface area contributed by atoms with Crippen LogP contribution in [0.4, 0.5) is 5.69 Å². The number of hydrazone groups is 1. The van der Waals surface area contributed by atoms with Gasteiger partial charge in [-0.3, -0.25) is 14.4 Å². The highest BCUT2D eigenvalue weighted by Crippen LogP contribution is 2.36. The van der Waals surface area contributed by atoms with Crippen molar-refractivity contribution < 1.29 is 28.3 Å². The molecule has 0 atom stereocenters. The number of halogens is 1. The fourth-order valence-corrected chi connectivity index (χ4v) is 3.07. The summed E-state index contributed by atoms with van der Waals surface area (Å²) in [5.41, 5.74) is 3.24. The topological polar surface area (TPSA) is 131 Å². The van der Waals surface area contributed by atoms with E-state index in [1.807, 2.05) is 6.07 Å². The molecule has 182 valence electrons. The molecule has 0 aliphatic rings. The van der Waals surface area contributed by atoms with Crippen LogP contribution in [0.1, 0.15) is 18.2 Å². The van der Waals surface area contributed by atoms with Gasteiger partial charge >= 0.3 is 11.8 Å². The lowest BCUT2D eigenvalue weighted by atomic mass is 10.2. The number of hydrogen-bond donors (Lipinski definition) is 3. The van der Waals surface area contributed by atoms with Crippen molar-refractivity contribution in [3.63, 3.8) is 0 Å². The third-order valence-electron chi connectivity index (χ3n) is 4.33. The summed E-state index contributed by atoms with van der Waals surface area (Å²) in [6.07, 6.45) is 2.75. The SMILES string of the molecule is CCOc1cc(/C=N\NC(=O)C(=O)NCc2ccco2)cc(Cl)c1OCC(=O)Nc1ccccc1. The molecule has 1 heterocycles. The second kappa shape index (κ2) is 12.8. The Kier molecular flexibility index (Phi) is 9.26. The summed E-state index contributed by atoms with van der Waals surface area (Å²) in [5.74, 6) is -1.20. The van der Waals surface area contributed by atoms with Gasteiger partial charge in [0.1, 0.15) is 5.76 Å². The number of anilines is 1. The first-order valence-corrected chi connectivity index (χ1v) is 10.9. The molecule has 0 saturated carbocycles. The fraction of sp³-hybridized carbons (Fsp3) is 0.167. The lowest BCUT2D eigenvalue weighted by molar-refractivity contribution is -0.139. The van der Waals surface area contributed by atoms with Gasteiger partial charge in [-0.15, -0.1) is 0 Å². The van der Waals surface area contributed by atoms with Gasteiger partial charge in [0.2, 0.25) is 0 Å². The number of ether oxygens (including phenoxy) is 2. The van der Waals surface area contributed by atoms with E-state index < -0.39 is 11.8 Å². The van der Waals surface area contributed by atoms with E-state index in [1.54, 1.807) is 49.4 Å². The Labute approximate surface area is 206 Å². The summed E-state index contributed by atoms with van der Waals surface area (Å²) >= 11 is 6.34. The molecular weight excluding hydrogens is 476 g/mol. The van der Waals surface area contributed by atoms with E-state index in [-0.39, 0.29) is 35.6 Å². The molecule has 2 aromatic carbocycles. The number of benzene rings is 2. The van der Waals surface area contributed by atoms with Crippen molar-refractivity contribution in [2.45, 2.75) is 13.5 Å². The van der Waals surface area contributed by atoms with Crippen molar-refractivity contribution in [2.75, 3.05) is 18.5 Å². The third kappa shape index (κ3) is 7.90. The van der Waals surface area contributed by atoms with Crippen LogP contribution in [0.15, 0.2) is 70.4 Å². The quantitative estimate of drug-likeness (QED) is 0.223. The van der Waals surface area contributed by atoms with Gasteiger partial charge in [0.05, 0.1) is 30.7 Å². The summed E-state index contributed by atoms with van der Waals surface area (Å²) in [7, 11) is 0. The van der Waals surface area contributed by atoms with Gasteiger partial charge in [-0.2, -0.15) is 5.10 Å². The number of nitrogens with one attached hydrogen (secondary N) is 3. The monoisotopic (exact) mass is 498 g/mol. The second-order valence-electron chi connectivity index (χ2n) is 6.93. The minimum Gasteiger partial charge on any atom is -0.490 e. The molecule has 0 aliphatic carbocycles. The average molecular weight is 499 g/mol. The number of furan rings is 1. The van der Waals surface area contributed by atoms with E-state index in [0.717, 1.165) is 0 Å². The maximum Gasteiger partial charge on any atom is 0.329 e. The number of carbonyl (C=O) groups is 3. The van der Waals surface area contributed by atoms with Gasteiger partial charge in [-0.1, -0.05) is 29.8 Å². The van der Waals surface area contributed by atoms with Crippen molar-refractivity contribution in [1.82, 2.24) is 10.7 Å². The molecule has 0 unspecified atom stereocenters. The summed E-state index contributed by atoms with van der Waals surface area (Å²) < 4.78 is 16.3. The Hall–Kier alpha value is -4.31. The molecule has 3 rings (SSSR count). The van der Waals surface area contributed by atoms with Gasteiger partial charge in [-0.25, -0.2) is 5.43 Å². The van der Waals surface area contributed by atoms with Crippen LogP contribution < -0.4 is 25.5 Å². The van der Waals surface area contributed by atoms with Crippen LogP contribution in [0.3, 0.4) is 0 Å². The smallest absolute Gasteiger partial charge is 0.329 e. The molecule has 3 amide bonds.